The summed E-state index contributed by atoms with van der Waals surface area (Å²) in [4.78, 5) is 24.1. The SMILES string of the molecule is COc1ccc(Cl)cc1NC(=O)Cn1cc(C)cc(Br)c1=O. The number of halogens is 2. The number of rotatable bonds is 4. The van der Waals surface area contributed by atoms with Crippen LogP contribution in [-0.2, 0) is 11.3 Å². The van der Waals surface area contributed by atoms with Crippen LogP contribution in [0, 0.1) is 6.92 Å². The molecular formula is C15H14BrClN2O3. The lowest BCUT2D eigenvalue weighted by Crippen LogP contribution is -2.28. The van der Waals surface area contributed by atoms with E-state index >= 15 is 0 Å². The molecule has 1 heterocycles. The summed E-state index contributed by atoms with van der Waals surface area (Å²) in [5, 5.41) is 3.17. The highest BCUT2D eigenvalue weighted by atomic mass is 79.9. The van der Waals surface area contributed by atoms with E-state index in [1.54, 1.807) is 30.5 Å². The summed E-state index contributed by atoms with van der Waals surface area (Å²) in [5.74, 6) is 0.149. The summed E-state index contributed by atoms with van der Waals surface area (Å²) in [6.45, 7) is 1.74. The van der Waals surface area contributed by atoms with Crippen molar-refractivity contribution in [2.75, 3.05) is 12.4 Å². The highest BCUT2D eigenvalue weighted by Crippen LogP contribution is 2.27. The molecule has 0 aliphatic carbocycles. The number of carbonyl (C=O) groups is 1. The number of carbonyl (C=O) groups excluding carboxylic acids is 1. The van der Waals surface area contributed by atoms with Crippen LogP contribution >= 0.6 is 27.5 Å². The average molecular weight is 386 g/mol. The van der Waals surface area contributed by atoms with Crippen molar-refractivity contribution >= 4 is 39.1 Å². The molecule has 116 valence electrons. The third-order valence-electron chi connectivity index (χ3n) is 2.93. The van der Waals surface area contributed by atoms with Crippen LogP contribution in [0.1, 0.15) is 5.56 Å². The predicted octanol–water partition coefficient (Wildman–Crippen LogP) is 3.22. The third kappa shape index (κ3) is 3.90. The maximum atomic E-state index is 12.2. The number of nitrogens with one attached hydrogen (secondary N) is 1. The quantitative estimate of drug-likeness (QED) is 0.879. The molecule has 2 rings (SSSR count). The maximum absolute atomic E-state index is 12.2. The van der Waals surface area contributed by atoms with Crippen molar-refractivity contribution in [3.63, 3.8) is 0 Å². The Bertz CT molecular complexity index is 774. The van der Waals surface area contributed by atoms with E-state index in [9.17, 15) is 9.59 Å². The molecule has 0 spiro atoms. The van der Waals surface area contributed by atoms with Gasteiger partial charge in [-0.1, -0.05) is 11.6 Å². The zero-order chi connectivity index (χ0) is 16.3. The minimum absolute atomic E-state index is 0.102. The van der Waals surface area contributed by atoms with Crippen LogP contribution in [-0.4, -0.2) is 17.6 Å². The summed E-state index contributed by atoms with van der Waals surface area (Å²) in [6.07, 6.45) is 1.63. The van der Waals surface area contributed by atoms with Crippen LogP contribution < -0.4 is 15.6 Å². The predicted molar refractivity (Wildman–Crippen MR) is 89.8 cm³/mol. The Balaban J connectivity index is 2.21. The number of pyridine rings is 1. The smallest absolute Gasteiger partial charge is 0.265 e. The molecule has 1 aromatic carbocycles. The van der Waals surface area contributed by atoms with E-state index < -0.39 is 0 Å². The molecule has 1 amide bonds. The number of aryl methyl sites for hydroxylation is 1. The standard InChI is InChI=1S/C15H14BrClN2O3/c1-9-5-11(16)15(21)19(7-9)8-14(20)18-12-6-10(17)3-4-13(12)22-2/h3-7H,8H2,1-2H3,(H,18,20). The van der Waals surface area contributed by atoms with E-state index in [2.05, 4.69) is 21.2 Å². The van der Waals surface area contributed by atoms with E-state index in [-0.39, 0.29) is 18.0 Å². The van der Waals surface area contributed by atoms with Crippen molar-refractivity contribution < 1.29 is 9.53 Å². The first kappa shape index (κ1) is 16.6. The Morgan fingerprint density at radius 2 is 2.14 bits per heavy atom. The van der Waals surface area contributed by atoms with E-state index in [1.807, 2.05) is 6.92 Å². The van der Waals surface area contributed by atoms with Crippen LogP contribution in [0.2, 0.25) is 5.02 Å². The van der Waals surface area contributed by atoms with E-state index in [1.165, 1.54) is 11.7 Å². The fourth-order valence-electron chi connectivity index (χ4n) is 1.98. The number of ether oxygens (including phenoxy) is 1. The van der Waals surface area contributed by atoms with Crippen LogP contribution in [0.15, 0.2) is 39.7 Å². The summed E-state index contributed by atoms with van der Waals surface area (Å²) in [6, 6.07) is 6.62. The fourth-order valence-corrected chi connectivity index (χ4v) is 2.74. The highest BCUT2D eigenvalue weighted by molar-refractivity contribution is 9.10. The van der Waals surface area contributed by atoms with Gasteiger partial charge < -0.3 is 14.6 Å². The van der Waals surface area contributed by atoms with Crippen molar-refractivity contribution in [2.45, 2.75) is 13.5 Å². The number of nitrogens with zero attached hydrogens (tertiary/aromatic N) is 1. The van der Waals surface area contributed by atoms with Gasteiger partial charge in [-0.2, -0.15) is 0 Å². The molecule has 0 bridgehead atoms. The van der Waals surface area contributed by atoms with Gasteiger partial charge in [0.1, 0.15) is 12.3 Å². The van der Waals surface area contributed by atoms with Gasteiger partial charge in [-0.3, -0.25) is 9.59 Å². The fraction of sp³-hybridized carbons (Fsp3) is 0.200. The minimum Gasteiger partial charge on any atom is -0.495 e. The van der Waals surface area contributed by atoms with Gasteiger partial charge in [0.25, 0.3) is 5.56 Å². The highest BCUT2D eigenvalue weighted by Gasteiger charge is 2.11. The van der Waals surface area contributed by atoms with Gasteiger partial charge in [0.15, 0.2) is 0 Å². The molecule has 5 nitrogen and oxygen atoms in total. The van der Waals surface area contributed by atoms with Gasteiger partial charge in [-0.25, -0.2) is 0 Å². The number of hydrogen-bond donors (Lipinski definition) is 1. The van der Waals surface area contributed by atoms with Crippen LogP contribution in [0.3, 0.4) is 0 Å². The second-order valence-corrected chi connectivity index (χ2v) is 5.98. The first-order valence-electron chi connectivity index (χ1n) is 6.40. The molecule has 0 saturated heterocycles. The first-order chi connectivity index (χ1) is 10.4. The third-order valence-corrected chi connectivity index (χ3v) is 3.73. The van der Waals surface area contributed by atoms with Crippen LogP contribution in [0.4, 0.5) is 5.69 Å². The molecule has 0 aliphatic heterocycles. The van der Waals surface area contributed by atoms with Crippen molar-refractivity contribution in [1.82, 2.24) is 4.57 Å². The van der Waals surface area contributed by atoms with Gasteiger partial charge in [-0.15, -0.1) is 0 Å². The minimum atomic E-state index is -0.347. The van der Waals surface area contributed by atoms with Crippen molar-refractivity contribution in [2.24, 2.45) is 0 Å². The summed E-state index contributed by atoms with van der Waals surface area (Å²) in [7, 11) is 1.50. The first-order valence-corrected chi connectivity index (χ1v) is 7.58. The lowest BCUT2D eigenvalue weighted by molar-refractivity contribution is -0.116. The lowest BCUT2D eigenvalue weighted by atomic mass is 10.3. The number of aromatic nitrogens is 1. The number of benzene rings is 1. The molecule has 0 fully saturated rings. The van der Waals surface area contributed by atoms with Crippen LogP contribution in [0.5, 0.6) is 5.75 Å². The second kappa shape index (κ2) is 6.98. The van der Waals surface area contributed by atoms with Gasteiger partial charge in [-0.05, 0) is 52.7 Å². The van der Waals surface area contributed by atoms with Gasteiger partial charge in [0.05, 0.1) is 17.3 Å². The number of anilines is 1. The topological polar surface area (TPSA) is 60.3 Å². The lowest BCUT2D eigenvalue weighted by Gasteiger charge is -2.12. The Morgan fingerprint density at radius 1 is 1.41 bits per heavy atom. The van der Waals surface area contributed by atoms with E-state index in [0.717, 1.165) is 5.56 Å². The molecule has 1 aromatic heterocycles. The van der Waals surface area contributed by atoms with Crippen LogP contribution in [0.25, 0.3) is 0 Å². The monoisotopic (exact) mass is 384 g/mol. The summed E-state index contributed by atoms with van der Waals surface area (Å²) < 4.78 is 6.92. The van der Waals surface area contributed by atoms with E-state index in [0.29, 0.717) is 20.9 Å². The molecule has 0 saturated carbocycles. The van der Waals surface area contributed by atoms with Crippen molar-refractivity contribution in [1.29, 1.82) is 0 Å². The molecule has 0 atom stereocenters. The van der Waals surface area contributed by atoms with Gasteiger partial charge in [0, 0.05) is 11.2 Å². The second-order valence-electron chi connectivity index (χ2n) is 4.69. The van der Waals surface area contributed by atoms with Gasteiger partial charge >= 0.3 is 0 Å². The number of methoxy groups -OCH3 is 1. The zero-order valence-electron chi connectivity index (χ0n) is 12.0. The van der Waals surface area contributed by atoms with Crippen molar-refractivity contribution in [3.8, 4) is 5.75 Å². The largest absolute Gasteiger partial charge is 0.495 e. The molecule has 0 aliphatic rings. The molecule has 2 aromatic rings. The molecule has 1 N–H and O–H groups in total. The Labute approximate surface area is 141 Å². The molecule has 0 unspecified atom stereocenters. The number of hydrogen-bond acceptors (Lipinski definition) is 3. The normalized spacial score (nSPS) is 10.4. The Hall–Kier alpha value is -1.79. The molecule has 7 heteroatoms. The number of amides is 1. The van der Waals surface area contributed by atoms with E-state index in [4.69, 9.17) is 16.3 Å². The summed E-state index contributed by atoms with van der Waals surface area (Å²) >= 11 is 9.10. The van der Waals surface area contributed by atoms with Gasteiger partial charge in [0.2, 0.25) is 5.91 Å². The molecular weight excluding hydrogens is 372 g/mol. The maximum Gasteiger partial charge on any atom is 0.265 e. The average Bonchev–Trinajstić information content (AvgIpc) is 2.44. The molecule has 0 radical (unpaired) electrons. The summed E-state index contributed by atoms with van der Waals surface area (Å²) in [5.41, 5.74) is 1.07. The molecule has 22 heavy (non-hydrogen) atoms. The Morgan fingerprint density at radius 3 is 2.82 bits per heavy atom. The van der Waals surface area contributed by atoms with Crippen molar-refractivity contribution in [3.05, 3.63) is 55.9 Å². The Kier molecular flexibility index (Phi) is 5.26. The zero-order valence-corrected chi connectivity index (χ0v) is 14.4.